The zero-order chi connectivity index (χ0) is 15.6. The fraction of sp³-hybridized carbons (Fsp3) is 0.333. The Morgan fingerprint density at radius 1 is 0.857 bits per heavy atom. The summed E-state index contributed by atoms with van der Waals surface area (Å²) >= 11 is 6.80. The summed E-state index contributed by atoms with van der Waals surface area (Å²) in [5, 5.41) is -0.309. The van der Waals surface area contributed by atoms with Crippen LogP contribution in [0, 0.1) is 20.8 Å². The lowest BCUT2D eigenvalue weighted by Crippen LogP contribution is -2.04. The van der Waals surface area contributed by atoms with E-state index in [1.165, 1.54) is 16.7 Å². The highest BCUT2D eigenvalue weighted by Gasteiger charge is 2.23. The van der Waals surface area contributed by atoms with Gasteiger partial charge in [0.25, 0.3) is 0 Å². The summed E-state index contributed by atoms with van der Waals surface area (Å²) in [6, 6.07) is 10.0. The third kappa shape index (κ3) is 3.01. The van der Waals surface area contributed by atoms with Crippen LogP contribution in [0.2, 0.25) is 0 Å². The first-order valence-corrected chi connectivity index (χ1v) is 7.36. The molecule has 0 heterocycles. The topological polar surface area (TPSA) is 18.5 Å². The van der Waals surface area contributed by atoms with Crippen molar-refractivity contribution >= 4 is 11.6 Å². The summed E-state index contributed by atoms with van der Waals surface area (Å²) in [4.78, 5) is 0. The third-order valence-electron chi connectivity index (χ3n) is 3.71. The van der Waals surface area contributed by atoms with Gasteiger partial charge in [0.05, 0.1) is 25.2 Å². The Labute approximate surface area is 131 Å². The number of benzene rings is 2. The van der Waals surface area contributed by atoms with E-state index in [4.69, 9.17) is 21.1 Å². The van der Waals surface area contributed by atoms with Gasteiger partial charge >= 0.3 is 0 Å². The Morgan fingerprint density at radius 2 is 1.33 bits per heavy atom. The van der Waals surface area contributed by atoms with Crippen LogP contribution < -0.4 is 9.47 Å². The molecule has 0 amide bonds. The predicted molar refractivity (Wildman–Crippen MR) is 87.9 cm³/mol. The molecule has 1 atom stereocenters. The summed E-state index contributed by atoms with van der Waals surface area (Å²) in [6.07, 6.45) is 0. The van der Waals surface area contributed by atoms with Gasteiger partial charge in [-0.1, -0.05) is 23.8 Å². The molecule has 0 saturated carbocycles. The van der Waals surface area contributed by atoms with Gasteiger partial charge in [-0.05, 0) is 49.6 Å². The smallest absolute Gasteiger partial charge is 0.127 e. The second kappa shape index (κ2) is 6.40. The summed E-state index contributed by atoms with van der Waals surface area (Å²) in [6.45, 7) is 6.27. The highest BCUT2D eigenvalue weighted by Crippen LogP contribution is 2.43. The number of alkyl halides is 1. The largest absolute Gasteiger partial charge is 0.496 e. The van der Waals surface area contributed by atoms with Crippen molar-refractivity contribution in [1.29, 1.82) is 0 Å². The molecule has 21 heavy (non-hydrogen) atoms. The summed E-state index contributed by atoms with van der Waals surface area (Å²) in [5.74, 6) is 1.49. The van der Waals surface area contributed by atoms with Gasteiger partial charge in [-0.15, -0.1) is 11.6 Å². The van der Waals surface area contributed by atoms with Gasteiger partial charge in [-0.3, -0.25) is 0 Å². The van der Waals surface area contributed by atoms with Crippen LogP contribution in [0.1, 0.15) is 33.2 Å². The molecule has 1 unspecified atom stereocenters. The Kier molecular flexibility index (Phi) is 4.79. The average Bonchev–Trinajstić information content (AvgIpc) is 2.44. The molecule has 0 aromatic heterocycles. The van der Waals surface area contributed by atoms with E-state index in [0.29, 0.717) is 0 Å². The van der Waals surface area contributed by atoms with Crippen molar-refractivity contribution < 1.29 is 9.47 Å². The van der Waals surface area contributed by atoms with Gasteiger partial charge in [-0.2, -0.15) is 0 Å². The molecule has 0 fully saturated rings. The number of hydrogen-bond donors (Lipinski definition) is 0. The Balaban J connectivity index is 2.62. The monoisotopic (exact) mass is 304 g/mol. The molecular weight excluding hydrogens is 284 g/mol. The van der Waals surface area contributed by atoms with E-state index in [1.807, 2.05) is 18.2 Å². The number of aryl methyl sites for hydroxylation is 3. The van der Waals surface area contributed by atoms with Crippen molar-refractivity contribution in [2.45, 2.75) is 26.1 Å². The maximum atomic E-state index is 6.80. The minimum atomic E-state index is -0.309. The van der Waals surface area contributed by atoms with E-state index >= 15 is 0 Å². The van der Waals surface area contributed by atoms with E-state index in [1.54, 1.807) is 14.2 Å². The average molecular weight is 305 g/mol. The molecule has 0 saturated heterocycles. The summed E-state index contributed by atoms with van der Waals surface area (Å²) in [5.41, 5.74) is 5.59. The van der Waals surface area contributed by atoms with Crippen molar-refractivity contribution in [3.05, 3.63) is 58.1 Å². The van der Waals surface area contributed by atoms with Gasteiger partial charge < -0.3 is 9.47 Å². The Morgan fingerprint density at radius 3 is 1.76 bits per heavy atom. The SMILES string of the molecule is COc1cccc(OC)c1C(Cl)c1c(C)cc(C)cc1C. The summed E-state index contributed by atoms with van der Waals surface area (Å²) < 4.78 is 10.9. The molecule has 0 aliphatic carbocycles. The molecule has 0 N–H and O–H groups in total. The van der Waals surface area contributed by atoms with Gasteiger partial charge in [0.1, 0.15) is 11.5 Å². The van der Waals surface area contributed by atoms with E-state index in [9.17, 15) is 0 Å². The van der Waals surface area contributed by atoms with E-state index in [-0.39, 0.29) is 5.38 Å². The first kappa shape index (κ1) is 15.7. The van der Waals surface area contributed by atoms with Gasteiger partial charge in [0.2, 0.25) is 0 Å². The van der Waals surface area contributed by atoms with Crippen LogP contribution in [0.15, 0.2) is 30.3 Å². The molecule has 3 heteroatoms. The fourth-order valence-electron chi connectivity index (χ4n) is 2.86. The zero-order valence-electron chi connectivity index (χ0n) is 13.2. The van der Waals surface area contributed by atoms with Crippen LogP contribution in [0.25, 0.3) is 0 Å². The molecule has 2 aromatic carbocycles. The Bertz CT molecular complexity index is 604. The second-order valence-electron chi connectivity index (χ2n) is 5.25. The van der Waals surface area contributed by atoms with Crippen LogP contribution >= 0.6 is 11.6 Å². The zero-order valence-corrected chi connectivity index (χ0v) is 13.9. The molecule has 0 aliphatic rings. The first-order valence-electron chi connectivity index (χ1n) is 6.92. The van der Waals surface area contributed by atoms with Gasteiger partial charge in [0, 0.05) is 0 Å². The lowest BCUT2D eigenvalue weighted by Gasteiger charge is -2.21. The van der Waals surface area contributed by atoms with E-state index in [0.717, 1.165) is 22.6 Å². The summed E-state index contributed by atoms with van der Waals surface area (Å²) in [7, 11) is 3.30. The lowest BCUT2D eigenvalue weighted by atomic mass is 9.93. The number of hydrogen-bond acceptors (Lipinski definition) is 2. The molecular formula is C18H21ClO2. The van der Waals surface area contributed by atoms with Crippen molar-refractivity contribution in [3.8, 4) is 11.5 Å². The quantitative estimate of drug-likeness (QED) is 0.743. The molecule has 2 rings (SSSR count). The van der Waals surface area contributed by atoms with Crippen molar-refractivity contribution in [1.82, 2.24) is 0 Å². The lowest BCUT2D eigenvalue weighted by molar-refractivity contribution is 0.386. The minimum absolute atomic E-state index is 0.309. The molecule has 0 aliphatic heterocycles. The number of methoxy groups -OCH3 is 2. The maximum Gasteiger partial charge on any atom is 0.127 e. The second-order valence-corrected chi connectivity index (χ2v) is 5.69. The third-order valence-corrected chi connectivity index (χ3v) is 4.15. The van der Waals surface area contributed by atoms with E-state index in [2.05, 4.69) is 32.9 Å². The van der Waals surface area contributed by atoms with Gasteiger partial charge in [0.15, 0.2) is 0 Å². The molecule has 2 aromatic rings. The Hall–Kier alpha value is -1.67. The molecule has 0 bridgehead atoms. The maximum absolute atomic E-state index is 6.80. The van der Waals surface area contributed by atoms with Crippen molar-refractivity contribution in [2.75, 3.05) is 14.2 Å². The normalized spacial score (nSPS) is 12.1. The van der Waals surface area contributed by atoms with Crippen LogP contribution in [0.4, 0.5) is 0 Å². The van der Waals surface area contributed by atoms with E-state index < -0.39 is 0 Å². The van der Waals surface area contributed by atoms with Gasteiger partial charge in [-0.25, -0.2) is 0 Å². The first-order chi connectivity index (χ1) is 9.99. The number of ether oxygens (including phenoxy) is 2. The molecule has 112 valence electrons. The highest BCUT2D eigenvalue weighted by atomic mass is 35.5. The van der Waals surface area contributed by atoms with Crippen LogP contribution in [0.5, 0.6) is 11.5 Å². The van der Waals surface area contributed by atoms with Crippen LogP contribution in [-0.4, -0.2) is 14.2 Å². The van der Waals surface area contributed by atoms with Crippen LogP contribution in [-0.2, 0) is 0 Å². The highest BCUT2D eigenvalue weighted by molar-refractivity contribution is 6.23. The number of halogens is 1. The molecule has 2 nitrogen and oxygen atoms in total. The van der Waals surface area contributed by atoms with Crippen molar-refractivity contribution in [2.24, 2.45) is 0 Å². The predicted octanol–water partition coefficient (Wildman–Crippen LogP) is 4.96. The minimum Gasteiger partial charge on any atom is -0.496 e. The van der Waals surface area contributed by atoms with Crippen LogP contribution in [0.3, 0.4) is 0 Å². The fourth-order valence-corrected chi connectivity index (χ4v) is 3.42. The van der Waals surface area contributed by atoms with Crippen molar-refractivity contribution in [3.63, 3.8) is 0 Å². The number of rotatable bonds is 4. The standard InChI is InChI=1S/C18H21ClO2/c1-11-9-12(2)16(13(3)10-11)18(19)17-14(20-4)7-6-8-15(17)21-5/h6-10,18H,1-5H3. The molecule has 0 radical (unpaired) electrons. The molecule has 0 spiro atoms.